The zero-order chi connectivity index (χ0) is 17.5. The smallest absolute Gasteiger partial charge is 0.0573 e. The zero-order valence-corrected chi connectivity index (χ0v) is 14.7. The van der Waals surface area contributed by atoms with Crippen LogP contribution < -0.4 is 11.1 Å². The molecule has 1 aliphatic rings. The summed E-state index contributed by atoms with van der Waals surface area (Å²) in [5.74, 6) is 0.313. The minimum atomic E-state index is 0.313. The van der Waals surface area contributed by atoms with E-state index in [2.05, 4.69) is 63.4 Å². The molecule has 0 aromatic rings. The molecule has 2 nitrogen and oxygen atoms in total. The van der Waals surface area contributed by atoms with Crippen molar-refractivity contribution < 1.29 is 0 Å². The second kappa shape index (κ2) is 13.8. The highest BCUT2D eigenvalue weighted by Gasteiger charge is 2.27. The minimum absolute atomic E-state index is 0.313. The van der Waals surface area contributed by atoms with Crippen LogP contribution in [0.25, 0.3) is 0 Å². The molecule has 0 saturated heterocycles. The van der Waals surface area contributed by atoms with Gasteiger partial charge in [0.2, 0.25) is 0 Å². The zero-order valence-electron chi connectivity index (χ0n) is 14.7. The van der Waals surface area contributed by atoms with Gasteiger partial charge in [0.1, 0.15) is 0 Å². The van der Waals surface area contributed by atoms with Crippen molar-refractivity contribution in [1.82, 2.24) is 5.32 Å². The number of terminal acetylenes is 1. The predicted molar refractivity (Wildman–Crippen MR) is 101 cm³/mol. The highest BCUT2D eigenvalue weighted by molar-refractivity contribution is 5.47. The average molecular weight is 300 g/mol. The van der Waals surface area contributed by atoms with Gasteiger partial charge in [0.05, 0.1) is 5.70 Å². The Kier molecular flexibility index (Phi) is 13.9. The number of nitrogens with one attached hydrogen (secondary N) is 1. The molecule has 0 heterocycles. The second-order valence-corrected chi connectivity index (χ2v) is 4.59. The lowest BCUT2D eigenvalue weighted by atomic mass is 9.83. The number of allylic oxidation sites excluding steroid dienone is 5. The van der Waals surface area contributed by atoms with Gasteiger partial charge in [-0.15, -0.1) is 12.8 Å². The minimum Gasteiger partial charge on any atom is -0.400 e. The summed E-state index contributed by atoms with van der Waals surface area (Å²) in [7, 11) is 0. The first-order chi connectivity index (χ1) is 10.6. The summed E-state index contributed by atoms with van der Waals surface area (Å²) in [5.41, 5.74) is 10.1. The molecular weight excluding hydrogens is 268 g/mol. The van der Waals surface area contributed by atoms with E-state index in [0.29, 0.717) is 5.92 Å². The fourth-order valence-electron chi connectivity index (χ4n) is 1.79. The summed E-state index contributed by atoms with van der Waals surface area (Å²) in [6.07, 6.45) is 18.5. The monoisotopic (exact) mass is 300 g/mol. The Hall–Kier alpha value is -2.14. The number of unbranched alkanes of at least 4 members (excludes halogenated alkanes) is 1. The molecule has 2 heteroatoms. The molecule has 0 aromatic carbocycles. The van der Waals surface area contributed by atoms with Crippen molar-refractivity contribution in [3.8, 4) is 12.8 Å². The van der Waals surface area contributed by atoms with E-state index in [1.165, 1.54) is 6.42 Å². The topological polar surface area (TPSA) is 38.0 Å². The Morgan fingerprint density at radius 2 is 1.95 bits per heavy atom. The summed E-state index contributed by atoms with van der Waals surface area (Å²) in [4.78, 5) is 0. The van der Waals surface area contributed by atoms with Crippen molar-refractivity contribution >= 4 is 0 Å². The van der Waals surface area contributed by atoms with Gasteiger partial charge in [-0.3, -0.25) is 0 Å². The fraction of sp³-hybridized carbons (Fsp3) is 0.400. The third-order valence-corrected chi connectivity index (χ3v) is 3.23. The average Bonchev–Trinajstić information content (AvgIpc) is 2.59. The molecule has 0 spiro atoms. The lowest BCUT2D eigenvalue weighted by Gasteiger charge is -2.31. The maximum atomic E-state index is 5.92. The lowest BCUT2D eigenvalue weighted by Crippen LogP contribution is -2.34. The Morgan fingerprint density at radius 3 is 2.41 bits per heavy atom. The van der Waals surface area contributed by atoms with E-state index in [-0.39, 0.29) is 0 Å². The van der Waals surface area contributed by atoms with Crippen molar-refractivity contribution in [1.29, 1.82) is 0 Å². The summed E-state index contributed by atoms with van der Waals surface area (Å²) in [5, 5.41) is 3.32. The molecule has 1 aliphatic carbocycles. The van der Waals surface area contributed by atoms with Crippen LogP contribution in [0.2, 0.25) is 0 Å². The normalized spacial score (nSPS) is 16.9. The van der Waals surface area contributed by atoms with Gasteiger partial charge in [-0.25, -0.2) is 0 Å². The molecule has 1 unspecified atom stereocenters. The lowest BCUT2D eigenvalue weighted by molar-refractivity contribution is 0.660. The number of hydrogen-bond acceptors (Lipinski definition) is 2. The molecule has 0 radical (unpaired) electrons. The number of hydrogen-bond donors (Lipinski definition) is 2. The van der Waals surface area contributed by atoms with Crippen LogP contribution in [0.4, 0.5) is 0 Å². The molecule has 1 rings (SSSR count). The van der Waals surface area contributed by atoms with Crippen LogP contribution in [-0.2, 0) is 0 Å². The second-order valence-electron chi connectivity index (χ2n) is 4.59. The van der Waals surface area contributed by atoms with E-state index >= 15 is 0 Å². The van der Waals surface area contributed by atoms with Crippen LogP contribution in [0, 0.1) is 18.8 Å². The van der Waals surface area contributed by atoms with E-state index in [0.717, 1.165) is 35.5 Å². The van der Waals surface area contributed by atoms with Gasteiger partial charge in [-0.2, -0.15) is 0 Å². The van der Waals surface area contributed by atoms with Gasteiger partial charge in [0.25, 0.3) is 0 Å². The SMILES string of the molecule is C#C.C=C/C(=C\C=C/CCC)CNC1=C(N)C(C)C1=C.CC. The Bertz CT molecular complexity index is 448. The Labute approximate surface area is 137 Å². The number of rotatable bonds is 7. The molecular formula is C20H32N2. The van der Waals surface area contributed by atoms with Gasteiger partial charge < -0.3 is 11.1 Å². The maximum Gasteiger partial charge on any atom is 0.0573 e. The van der Waals surface area contributed by atoms with Gasteiger partial charge in [-0.1, -0.05) is 71.6 Å². The van der Waals surface area contributed by atoms with Crippen LogP contribution in [0.5, 0.6) is 0 Å². The molecule has 0 aliphatic heterocycles. The third kappa shape index (κ3) is 7.04. The molecule has 0 amide bonds. The van der Waals surface area contributed by atoms with Crippen LogP contribution in [0.15, 0.2) is 60.0 Å². The first-order valence-corrected chi connectivity index (χ1v) is 7.85. The van der Waals surface area contributed by atoms with Crippen molar-refractivity contribution in [3.05, 3.63) is 60.0 Å². The summed E-state index contributed by atoms with van der Waals surface area (Å²) < 4.78 is 0. The summed E-state index contributed by atoms with van der Waals surface area (Å²) >= 11 is 0. The largest absolute Gasteiger partial charge is 0.400 e. The van der Waals surface area contributed by atoms with E-state index in [4.69, 9.17) is 5.73 Å². The van der Waals surface area contributed by atoms with E-state index < -0.39 is 0 Å². The molecule has 122 valence electrons. The van der Waals surface area contributed by atoms with Gasteiger partial charge in [0.15, 0.2) is 0 Å². The highest BCUT2D eigenvalue weighted by Crippen LogP contribution is 2.33. The van der Waals surface area contributed by atoms with Crippen molar-refractivity contribution in [2.24, 2.45) is 11.7 Å². The standard InChI is InChI=1S/C16H24N2.C2H6.C2H2/c1-5-7-8-9-10-14(6-2)11-18-16-13(4)12(3)15(16)17;2*1-2/h6,8-10,12,18H,2,4-5,7,11,17H2,1,3H3;1-2H3;1-2H/b9-8-,14-10+;;. The first kappa shape index (κ1) is 22.1. The summed E-state index contributed by atoms with van der Waals surface area (Å²) in [6.45, 7) is 16.8. The molecule has 22 heavy (non-hydrogen) atoms. The maximum absolute atomic E-state index is 5.92. The number of nitrogens with two attached hydrogens (primary N) is 1. The molecule has 3 N–H and O–H groups in total. The van der Waals surface area contributed by atoms with Gasteiger partial charge >= 0.3 is 0 Å². The third-order valence-electron chi connectivity index (χ3n) is 3.23. The Balaban J connectivity index is 0. The van der Waals surface area contributed by atoms with Crippen LogP contribution in [0.3, 0.4) is 0 Å². The predicted octanol–water partition coefficient (Wildman–Crippen LogP) is 4.70. The molecule has 0 bridgehead atoms. The van der Waals surface area contributed by atoms with Crippen molar-refractivity contribution in [3.63, 3.8) is 0 Å². The van der Waals surface area contributed by atoms with E-state index in [9.17, 15) is 0 Å². The van der Waals surface area contributed by atoms with Crippen LogP contribution >= 0.6 is 0 Å². The van der Waals surface area contributed by atoms with E-state index in [1.807, 2.05) is 19.9 Å². The highest BCUT2D eigenvalue weighted by atomic mass is 14.9. The molecule has 0 fully saturated rings. The molecule has 1 atom stereocenters. The van der Waals surface area contributed by atoms with Gasteiger partial charge in [-0.05, 0) is 17.6 Å². The van der Waals surface area contributed by atoms with Crippen molar-refractivity contribution in [2.45, 2.75) is 40.5 Å². The van der Waals surface area contributed by atoms with Crippen molar-refractivity contribution in [2.75, 3.05) is 6.54 Å². The quantitative estimate of drug-likeness (QED) is 0.528. The van der Waals surface area contributed by atoms with E-state index in [1.54, 1.807) is 0 Å². The Morgan fingerprint density at radius 1 is 1.36 bits per heavy atom. The van der Waals surface area contributed by atoms with Crippen LogP contribution in [-0.4, -0.2) is 6.54 Å². The van der Waals surface area contributed by atoms with Gasteiger partial charge in [0, 0.05) is 18.2 Å². The molecule has 0 saturated carbocycles. The summed E-state index contributed by atoms with van der Waals surface area (Å²) in [6, 6.07) is 0. The fourth-order valence-corrected chi connectivity index (χ4v) is 1.79. The molecule has 0 aromatic heterocycles. The van der Waals surface area contributed by atoms with Crippen LogP contribution in [0.1, 0.15) is 40.5 Å². The first-order valence-electron chi connectivity index (χ1n) is 7.85.